The van der Waals surface area contributed by atoms with Crippen LogP contribution in [0.5, 0.6) is 0 Å². The monoisotopic (exact) mass is 288 g/mol. The molecule has 1 aromatic heterocycles. The molecule has 2 aliphatic rings. The molecule has 3 rings (SSSR count). The van der Waals surface area contributed by atoms with Crippen molar-refractivity contribution in [2.45, 2.75) is 32.2 Å². The lowest BCUT2D eigenvalue weighted by atomic mass is 10.2. The van der Waals surface area contributed by atoms with Crippen LogP contribution in [-0.2, 0) is 9.53 Å². The third-order valence-corrected chi connectivity index (χ3v) is 4.39. The average molecular weight is 288 g/mol. The van der Waals surface area contributed by atoms with Gasteiger partial charge in [-0.25, -0.2) is 4.79 Å². The molecule has 21 heavy (non-hydrogen) atoms. The number of carbonyl (C=O) groups is 2. The Morgan fingerprint density at radius 1 is 1.43 bits per heavy atom. The molecule has 112 valence electrons. The van der Waals surface area contributed by atoms with Gasteiger partial charge in [-0.3, -0.25) is 9.78 Å². The third-order valence-electron chi connectivity index (χ3n) is 4.39. The number of pyridine rings is 1. The van der Waals surface area contributed by atoms with Crippen LogP contribution in [0.25, 0.3) is 0 Å². The minimum absolute atomic E-state index is 0.185. The maximum absolute atomic E-state index is 12.4. The second-order valence-corrected chi connectivity index (χ2v) is 5.97. The Kier molecular flexibility index (Phi) is 3.90. The molecule has 5 nitrogen and oxygen atoms in total. The fraction of sp³-hybridized carbons (Fsp3) is 0.562. The molecule has 0 N–H and O–H groups in total. The van der Waals surface area contributed by atoms with Gasteiger partial charge in [-0.1, -0.05) is 13.0 Å². The van der Waals surface area contributed by atoms with E-state index in [0.717, 1.165) is 12.8 Å². The van der Waals surface area contributed by atoms with Crippen LogP contribution in [0.15, 0.2) is 24.4 Å². The van der Waals surface area contributed by atoms with E-state index in [0.29, 0.717) is 37.1 Å². The summed E-state index contributed by atoms with van der Waals surface area (Å²) < 4.78 is 5.38. The molecule has 1 aromatic rings. The van der Waals surface area contributed by atoms with Crippen LogP contribution in [-0.4, -0.2) is 41.0 Å². The minimum atomic E-state index is -0.450. The zero-order chi connectivity index (χ0) is 14.8. The number of esters is 1. The Labute approximate surface area is 124 Å². The summed E-state index contributed by atoms with van der Waals surface area (Å²) in [5.41, 5.74) is 0.382. The number of aromatic nitrogens is 1. The molecule has 1 amide bonds. The largest absolute Gasteiger partial charge is 0.464 e. The summed E-state index contributed by atoms with van der Waals surface area (Å²) in [6.45, 7) is 3.24. The van der Waals surface area contributed by atoms with Crippen LogP contribution < -0.4 is 0 Å². The average Bonchev–Trinajstić information content (AvgIpc) is 3.02. The summed E-state index contributed by atoms with van der Waals surface area (Å²) in [5, 5.41) is 0. The second kappa shape index (κ2) is 5.84. The summed E-state index contributed by atoms with van der Waals surface area (Å²) in [4.78, 5) is 30.3. The first-order chi connectivity index (χ1) is 10.2. The highest BCUT2D eigenvalue weighted by Gasteiger charge is 2.38. The van der Waals surface area contributed by atoms with Crippen molar-refractivity contribution in [3.63, 3.8) is 0 Å². The van der Waals surface area contributed by atoms with Gasteiger partial charge in [-0.15, -0.1) is 0 Å². The number of hydrogen-bond acceptors (Lipinski definition) is 4. The van der Waals surface area contributed by atoms with Gasteiger partial charge in [-0.2, -0.15) is 0 Å². The van der Waals surface area contributed by atoms with Gasteiger partial charge >= 0.3 is 5.97 Å². The van der Waals surface area contributed by atoms with Gasteiger partial charge in [0.1, 0.15) is 11.7 Å². The van der Waals surface area contributed by atoms with Crippen molar-refractivity contribution < 1.29 is 14.3 Å². The van der Waals surface area contributed by atoms with Crippen LogP contribution in [0.4, 0.5) is 0 Å². The number of rotatable bonds is 4. The van der Waals surface area contributed by atoms with E-state index in [1.54, 1.807) is 29.3 Å². The molecule has 3 atom stereocenters. The van der Waals surface area contributed by atoms with E-state index in [-0.39, 0.29) is 11.9 Å². The summed E-state index contributed by atoms with van der Waals surface area (Å²) >= 11 is 0. The minimum Gasteiger partial charge on any atom is -0.464 e. The van der Waals surface area contributed by atoms with Gasteiger partial charge in [0.15, 0.2) is 0 Å². The summed E-state index contributed by atoms with van der Waals surface area (Å²) in [7, 11) is 0. The van der Waals surface area contributed by atoms with E-state index in [4.69, 9.17) is 4.74 Å². The van der Waals surface area contributed by atoms with Crippen molar-refractivity contribution in [3.8, 4) is 0 Å². The van der Waals surface area contributed by atoms with Crippen molar-refractivity contribution in [2.75, 3.05) is 13.2 Å². The van der Waals surface area contributed by atoms with Gasteiger partial charge < -0.3 is 9.64 Å². The fourth-order valence-electron chi connectivity index (χ4n) is 2.81. The molecule has 1 aliphatic carbocycles. The van der Waals surface area contributed by atoms with Crippen LogP contribution in [0.2, 0.25) is 0 Å². The molecular weight excluding hydrogens is 268 g/mol. The van der Waals surface area contributed by atoms with Crippen LogP contribution in [0, 0.1) is 11.8 Å². The highest BCUT2D eigenvalue weighted by atomic mass is 16.5. The second-order valence-electron chi connectivity index (χ2n) is 5.97. The summed E-state index contributed by atoms with van der Waals surface area (Å²) in [6, 6.07) is 4.77. The standard InChI is InChI=1S/C16H20N2O3/c1-11-9-12(11)10-21-16(20)14-6-4-8-18(14)15(19)13-5-2-3-7-17-13/h2-3,5,7,11-12,14H,4,6,8-10H2,1H3/t11?,12?,14-/m0/s1. The van der Waals surface area contributed by atoms with Gasteiger partial charge in [-0.05, 0) is 43.2 Å². The quantitative estimate of drug-likeness (QED) is 0.794. The van der Waals surface area contributed by atoms with Crippen molar-refractivity contribution >= 4 is 11.9 Å². The number of carbonyl (C=O) groups excluding carboxylic acids is 2. The first-order valence-electron chi connectivity index (χ1n) is 7.55. The molecule has 2 unspecified atom stereocenters. The molecule has 0 spiro atoms. The lowest BCUT2D eigenvalue weighted by Crippen LogP contribution is -2.41. The third kappa shape index (κ3) is 3.06. The summed E-state index contributed by atoms with van der Waals surface area (Å²) in [5.74, 6) is 0.716. The molecule has 1 aliphatic heterocycles. The Morgan fingerprint density at radius 2 is 2.24 bits per heavy atom. The normalized spacial score (nSPS) is 27.5. The Morgan fingerprint density at radius 3 is 2.90 bits per heavy atom. The number of likely N-dealkylation sites (tertiary alicyclic amines) is 1. The van der Waals surface area contributed by atoms with Gasteiger partial charge in [0.2, 0.25) is 0 Å². The van der Waals surface area contributed by atoms with E-state index in [1.807, 2.05) is 0 Å². The number of nitrogens with zero attached hydrogens (tertiary/aromatic N) is 2. The maximum Gasteiger partial charge on any atom is 0.328 e. The Hall–Kier alpha value is -1.91. The molecule has 0 aromatic carbocycles. The molecule has 1 saturated carbocycles. The van der Waals surface area contributed by atoms with Crippen molar-refractivity contribution in [3.05, 3.63) is 30.1 Å². The van der Waals surface area contributed by atoms with Crippen molar-refractivity contribution in [2.24, 2.45) is 11.8 Å². The molecular formula is C16H20N2O3. The maximum atomic E-state index is 12.4. The highest BCUT2D eigenvalue weighted by molar-refractivity contribution is 5.95. The lowest BCUT2D eigenvalue weighted by molar-refractivity contribution is -0.148. The summed E-state index contributed by atoms with van der Waals surface area (Å²) in [6.07, 6.45) is 4.23. The lowest BCUT2D eigenvalue weighted by Gasteiger charge is -2.22. The first-order valence-corrected chi connectivity index (χ1v) is 7.55. The smallest absolute Gasteiger partial charge is 0.328 e. The fourth-order valence-corrected chi connectivity index (χ4v) is 2.81. The predicted octanol–water partition coefficient (Wildman–Crippen LogP) is 1.89. The van der Waals surface area contributed by atoms with Crippen molar-refractivity contribution in [1.82, 2.24) is 9.88 Å². The van der Waals surface area contributed by atoms with E-state index in [2.05, 4.69) is 11.9 Å². The van der Waals surface area contributed by atoms with E-state index in [9.17, 15) is 9.59 Å². The van der Waals surface area contributed by atoms with Crippen LogP contribution in [0.3, 0.4) is 0 Å². The Bertz CT molecular complexity index is 532. The molecule has 0 radical (unpaired) electrons. The topological polar surface area (TPSA) is 59.5 Å². The molecule has 2 fully saturated rings. The van der Waals surface area contributed by atoms with Crippen LogP contribution >= 0.6 is 0 Å². The zero-order valence-corrected chi connectivity index (χ0v) is 12.2. The van der Waals surface area contributed by atoms with Crippen LogP contribution in [0.1, 0.15) is 36.7 Å². The van der Waals surface area contributed by atoms with E-state index in [1.165, 1.54) is 0 Å². The number of hydrogen-bond donors (Lipinski definition) is 0. The van der Waals surface area contributed by atoms with E-state index >= 15 is 0 Å². The molecule has 2 heterocycles. The van der Waals surface area contributed by atoms with Crippen molar-refractivity contribution in [1.29, 1.82) is 0 Å². The van der Waals surface area contributed by atoms with Gasteiger partial charge in [0.25, 0.3) is 5.91 Å². The van der Waals surface area contributed by atoms with E-state index < -0.39 is 6.04 Å². The highest BCUT2D eigenvalue weighted by Crippen LogP contribution is 2.37. The molecule has 0 bridgehead atoms. The molecule has 5 heteroatoms. The SMILES string of the molecule is CC1CC1COC(=O)[C@@H]1CCCN1C(=O)c1ccccn1. The van der Waals surface area contributed by atoms with Gasteiger partial charge in [0, 0.05) is 12.7 Å². The Balaban J connectivity index is 1.62. The molecule has 1 saturated heterocycles. The van der Waals surface area contributed by atoms with Gasteiger partial charge in [0.05, 0.1) is 6.61 Å². The number of amides is 1. The first kappa shape index (κ1) is 14.0. The number of ether oxygens (including phenoxy) is 1. The predicted molar refractivity (Wildman–Crippen MR) is 76.5 cm³/mol. The zero-order valence-electron chi connectivity index (χ0n) is 12.2.